The summed E-state index contributed by atoms with van der Waals surface area (Å²) in [5.74, 6) is 1.55. The van der Waals surface area contributed by atoms with E-state index in [2.05, 4.69) is 15.2 Å². The molecular weight excluding hydrogens is 386 g/mol. The Labute approximate surface area is 173 Å². The number of nitrogens with zero attached hydrogens (tertiary/aromatic N) is 4. The highest BCUT2D eigenvalue weighted by atomic mass is 32.2. The maximum absolute atomic E-state index is 12.8. The van der Waals surface area contributed by atoms with Crippen LogP contribution in [0.25, 0.3) is 0 Å². The van der Waals surface area contributed by atoms with Crippen LogP contribution < -0.4 is 10.2 Å². The third-order valence-electron chi connectivity index (χ3n) is 5.72. The van der Waals surface area contributed by atoms with Crippen LogP contribution in [0.3, 0.4) is 0 Å². The Hall–Kier alpha value is -2.19. The summed E-state index contributed by atoms with van der Waals surface area (Å²) >= 11 is 0. The monoisotopic (exact) mass is 415 g/mol. The zero-order chi connectivity index (χ0) is 20.3. The second-order valence-corrected chi connectivity index (χ2v) is 9.81. The number of aromatic nitrogens is 2. The summed E-state index contributed by atoms with van der Waals surface area (Å²) in [6.07, 6.45) is 6.17. The highest BCUT2D eigenvalue weighted by Crippen LogP contribution is 2.23. The van der Waals surface area contributed by atoms with Crippen LogP contribution in [0.2, 0.25) is 0 Å². The first-order valence-electron chi connectivity index (χ1n) is 10.4. The lowest BCUT2D eigenvalue weighted by Gasteiger charge is -2.35. The summed E-state index contributed by atoms with van der Waals surface area (Å²) in [4.78, 5) is 11.8. The van der Waals surface area contributed by atoms with Crippen molar-refractivity contribution >= 4 is 21.8 Å². The number of piperazine rings is 1. The second-order valence-electron chi connectivity index (χ2n) is 7.87. The molecule has 156 valence electrons. The molecule has 0 spiro atoms. The van der Waals surface area contributed by atoms with Crippen LogP contribution >= 0.6 is 0 Å². The molecule has 0 unspecified atom stereocenters. The fraction of sp³-hybridized carbons (Fsp3) is 0.524. The Balaban J connectivity index is 1.43. The SMILES string of the molecule is Cc1cc(N2CCN(S(=O)(=O)c3ccccc3)CC2)nc(NC2CCCCC2)n1. The van der Waals surface area contributed by atoms with Gasteiger partial charge in [-0.1, -0.05) is 37.5 Å². The summed E-state index contributed by atoms with van der Waals surface area (Å²) < 4.78 is 27.2. The molecule has 1 aliphatic heterocycles. The van der Waals surface area contributed by atoms with Gasteiger partial charge in [0.2, 0.25) is 16.0 Å². The van der Waals surface area contributed by atoms with E-state index in [1.54, 1.807) is 28.6 Å². The molecule has 2 aromatic rings. The third kappa shape index (κ3) is 4.70. The van der Waals surface area contributed by atoms with Gasteiger partial charge in [0, 0.05) is 44.0 Å². The minimum Gasteiger partial charge on any atom is -0.354 e. The molecule has 4 rings (SSSR count). The summed E-state index contributed by atoms with van der Waals surface area (Å²) in [7, 11) is -3.44. The van der Waals surface area contributed by atoms with Crippen molar-refractivity contribution in [2.24, 2.45) is 0 Å². The first kappa shape index (κ1) is 20.1. The molecule has 7 nitrogen and oxygen atoms in total. The minimum absolute atomic E-state index is 0.352. The van der Waals surface area contributed by atoms with Crippen molar-refractivity contribution in [1.82, 2.24) is 14.3 Å². The van der Waals surface area contributed by atoms with E-state index in [4.69, 9.17) is 4.98 Å². The van der Waals surface area contributed by atoms with Gasteiger partial charge in [0.1, 0.15) is 5.82 Å². The van der Waals surface area contributed by atoms with Crippen molar-refractivity contribution in [2.45, 2.75) is 50.0 Å². The largest absolute Gasteiger partial charge is 0.354 e. The number of sulfonamides is 1. The van der Waals surface area contributed by atoms with Crippen LogP contribution in [0, 0.1) is 6.92 Å². The van der Waals surface area contributed by atoms with Gasteiger partial charge in [-0.05, 0) is 31.9 Å². The van der Waals surface area contributed by atoms with Crippen molar-refractivity contribution in [1.29, 1.82) is 0 Å². The normalized spacial score (nSPS) is 19.3. The smallest absolute Gasteiger partial charge is 0.243 e. The highest BCUT2D eigenvalue weighted by molar-refractivity contribution is 7.89. The molecule has 1 N–H and O–H groups in total. The predicted octanol–water partition coefficient (Wildman–Crippen LogP) is 3.04. The zero-order valence-electron chi connectivity index (χ0n) is 16.9. The molecule has 0 amide bonds. The van der Waals surface area contributed by atoms with E-state index in [-0.39, 0.29) is 0 Å². The van der Waals surface area contributed by atoms with Gasteiger partial charge in [-0.3, -0.25) is 0 Å². The predicted molar refractivity (Wildman–Crippen MR) is 115 cm³/mol. The van der Waals surface area contributed by atoms with Gasteiger partial charge in [0.15, 0.2) is 0 Å². The number of hydrogen-bond acceptors (Lipinski definition) is 6. The molecule has 1 aromatic heterocycles. The van der Waals surface area contributed by atoms with Gasteiger partial charge >= 0.3 is 0 Å². The second kappa shape index (κ2) is 8.67. The van der Waals surface area contributed by atoms with Gasteiger partial charge in [0.05, 0.1) is 4.90 Å². The molecule has 2 aliphatic rings. The molecule has 1 saturated carbocycles. The number of hydrogen-bond donors (Lipinski definition) is 1. The Bertz CT molecular complexity index is 921. The molecule has 0 atom stereocenters. The number of benzene rings is 1. The Morgan fingerprint density at radius 3 is 2.34 bits per heavy atom. The molecule has 8 heteroatoms. The van der Waals surface area contributed by atoms with E-state index in [0.29, 0.717) is 43.1 Å². The summed E-state index contributed by atoms with van der Waals surface area (Å²) in [6.45, 7) is 4.11. The van der Waals surface area contributed by atoms with Gasteiger partial charge in [-0.2, -0.15) is 9.29 Å². The number of aryl methyl sites for hydroxylation is 1. The van der Waals surface area contributed by atoms with Crippen molar-refractivity contribution in [3.05, 3.63) is 42.1 Å². The van der Waals surface area contributed by atoms with Crippen LogP contribution in [0.4, 0.5) is 11.8 Å². The Kier molecular flexibility index (Phi) is 6.01. The highest BCUT2D eigenvalue weighted by Gasteiger charge is 2.29. The first-order chi connectivity index (χ1) is 14.0. The van der Waals surface area contributed by atoms with E-state index < -0.39 is 10.0 Å². The maximum Gasteiger partial charge on any atom is 0.243 e. The van der Waals surface area contributed by atoms with E-state index in [9.17, 15) is 8.42 Å². The van der Waals surface area contributed by atoms with Gasteiger partial charge in [-0.15, -0.1) is 0 Å². The molecule has 0 radical (unpaired) electrons. The summed E-state index contributed by atoms with van der Waals surface area (Å²) in [5.41, 5.74) is 0.924. The molecular formula is C21H29N5O2S. The van der Waals surface area contributed by atoms with E-state index in [1.807, 2.05) is 19.1 Å². The topological polar surface area (TPSA) is 78.4 Å². The fourth-order valence-electron chi connectivity index (χ4n) is 4.11. The van der Waals surface area contributed by atoms with Gasteiger partial charge in [-0.25, -0.2) is 13.4 Å². The van der Waals surface area contributed by atoms with E-state index in [1.165, 1.54) is 32.1 Å². The Morgan fingerprint density at radius 2 is 1.66 bits per heavy atom. The van der Waals surface area contributed by atoms with Crippen molar-refractivity contribution < 1.29 is 8.42 Å². The average molecular weight is 416 g/mol. The van der Waals surface area contributed by atoms with Crippen LogP contribution in [0.5, 0.6) is 0 Å². The first-order valence-corrected chi connectivity index (χ1v) is 11.9. The van der Waals surface area contributed by atoms with Crippen LogP contribution in [0.1, 0.15) is 37.8 Å². The Morgan fingerprint density at radius 1 is 0.966 bits per heavy atom. The number of rotatable bonds is 5. The molecule has 0 bridgehead atoms. The summed E-state index contributed by atoms with van der Waals surface area (Å²) in [6, 6.07) is 11.1. The van der Waals surface area contributed by atoms with E-state index in [0.717, 1.165) is 11.5 Å². The van der Waals surface area contributed by atoms with Gasteiger partial charge in [0.25, 0.3) is 0 Å². The molecule has 2 fully saturated rings. The summed E-state index contributed by atoms with van der Waals surface area (Å²) in [5, 5.41) is 3.50. The van der Waals surface area contributed by atoms with Gasteiger partial charge < -0.3 is 10.2 Å². The van der Waals surface area contributed by atoms with E-state index >= 15 is 0 Å². The molecule has 29 heavy (non-hydrogen) atoms. The fourth-order valence-corrected chi connectivity index (χ4v) is 5.55. The van der Waals surface area contributed by atoms with Crippen LogP contribution in [0.15, 0.2) is 41.3 Å². The molecule has 1 saturated heterocycles. The lowest BCUT2D eigenvalue weighted by molar-refractivity contribution is 0.383. The lowest BCUT2D eigenvalue weighted by Crippen LogP contribution is -2.49. The number of nitrogens with one attached hydrogen (secondary N) is 1. The van der Waals surface area contributed by atoms with Crippen molar-refractivity contribution in [3.8, 4) is 0 Å². The third-order valence-corrected chi connectivity index (χ3v) is 7.64. The molecule has 2 heterocycles. The quantitative estimate of drug-likeness (QED) is 0.809. The minimum atomic E-state index is -3.44. The lowest BCUT2D eigenvalue weighted by atomic mass is 9.96. The zero-order valence-corrected chi connectivity index (χ0v) is 17.7. The number of anilines is 2. The average Bonchev–Trinajstić information content (AvgIpc) is 2.75. The van der Waals surface area contributed by atoms with Crippen LogP contribution in [-0.4, -0.2) is 54.9 Å². The maximum atomic E-state index is 12.8. The van der Waals surface area contributed by atoms with Crippen molar-refractivity contribution in [3.63, 3.8) is 0 Å². The standard InChI is InChI=1S/C21H29N5O2S/c1-17-16-20(24-21(22-17)23-18-8-4-2-5-9-18)25-12-14-26(15-13-25)29(27,28)19-10-6-3-7-11-19/h3,6-7,10-11,16,18H,2,4-5,8-9,12-15H2,1H3,(H,22,23,24). The van der Waals surface area contributed by atoms with Crippen molar-refractivity contribution in [2.75, 3.05) is 36.4 Å². The molecule has 1 aromatic carbocycles. The molecule has 1 aliphatic carbocycles. The van der Waals surface area contributed by atoms with Crippen LogP contribution in [-0.2, 0) is 10.0 Å².